The van der Waals surface area contributed by atoms with Crippen LogP contribution in [0.2, 0.25) is 0 Å². The topological polar surface area (TPSA) is 26.3 Å². The Kier molecular flexibility index (Phi) is 2.22. The number of benzene rings is 1. The molecule has 3 aliphatic carbocycles. The van der Waals surface area contributed by atoms with Crippen LogP contribution in [-0.4, -0.2) is 11.6 Å². The highest BCUT2D eigenvalue weighted by molar-refractivity contribution is 5.89. The molecule has 0 amide bonds. The molecule has 4 atom stereocenters. The van der Waals surface area contributed by atoms with Crippen LogP contribution in [0.1, 0.15) is 23.2 Å². The molecule has 0 aliphatic heterocycles. The van der Waals surface area contributed by atoms with Crippen molar-refractivity contribution < 1.29 is 9.53 Å². The molecule has 0 aromatic heterocycles. The number of carbonyl (C=O) groups excluding carboxylic acids is 1. The first-order valence-corrected chi connectivity index (χ1v) is 6.94. The van der Waals surface area contributed by atoms with Crippen molar-refractivity contribution in [3.05, 3.63) is 60.2 Å². The fourth-order valence-corrected chi connectivity index (χ4v) is 3.95. The van der Waals surface area contributed by atoms with Crippen LogP contribution in [0.3, 0.4) is 0 Å². The molecule has 0 radical (unpaired) electrons. The van der Waals surface area contributed by atoms with Gasteiger partial charge in [0.05, 0.1) is 5.56 Å². The molecule has 0 spiro atoms. The highest BCUT2D eigenvalue weighted by Crippen LogP contribution is 2.57. The second-order valence-corrected chi connectivity index (χ2v) is 5.74. The fraction of sp³-hybridized carbons (Fsp3) is 0.353. The van der Waals surface area contributed by atoms with E-state index in [1.165, 1.54) is 0 Å². The van der Waals surface area contributed by atoms with Crippen molar-refractivity contribution >= 4 is 5.97 Å². The Labute approximate surface area is 112 Å². The van der Waals surface area contributed by atoms with E-state index in [1.54, 1.807) is 0 Å². The van der Waals surface area contributed by atoms with Gasteiger partial charge in [0.1, 0.15) is 5.60 Å². The third kappa shape index (κ3) is 1.46. The molecule has 1 saturated carbocycles. The zero-order valence-electron chi connectivity index (χ0n) is 10.7. The van der Waals surface area contributed by atoms with E-state index in [-0.39, 0.29) is 11.6 Å². The van der Waals surface area contributed by atoms with Crippen LogP contribution in [0.4, 0.5) is 0 Å². The summed E-state index contributed by atoms with van der Waals surface area (Å²) in [5.41, 5.74) is 0.273. The molecular formula is C17H16O2. The van der Waals surface area contributed by atoms with Gasteiger partial charge < -0.3 is 4.74 Å². The Morgan fingerprint density at radius 3 is 2.89 bits per heavy atom. The van der Waals surface area contributed by atoms with Crippen LogP contribution in [0, 0.1) is 17.8 Å². The predicted molar refractivity (Wildman–Crippen MR) is 72.6 cm³/mol. The van der Waals surface area contributed by atoms with Crippen molar-refractivity contribution in [1.82, 2.24) is 0 Å². The van der Waals surface area contributed by atoms with Crippen LogP contribution in [0.5, 0.6) is 0 Å². The first-order valence-electron chi connectivity index (χ1n) is 6.94. The molecule has 1 fully saturated rings. The average molecular weight is 252 g/mol. The smallest absolute Gasteiger partial charge is 0.339 e. The molecule has 1 aromatic carbocycles. The van der Waals surface area contributed by atoms with E-state index in [0.717, 1.165) is 12.8 Å². The molecule has 0 unspecified atom stereocenters. The van der Waals surface area contributed by atoms with Crippen LogP contribution in [0.25, 0.3) is 0 Å². The van der Waals surface area contributed by atoms with Crippen molar-refractivity contribution in [3.63, 3.8) is 0 Å². The maximum Gasteiger partial charge on any atom is 0.339 e. The first-order chi connectivity index (χ1) is 9.29. The minimum absolute atomic E-state index is 0.196. The lowest BCUT2D eigenvalue weighted by Gasteiger charge is -2.35. The standard InChI is InChI=1S/C17H16O2/c18-16(12-5-2-1-3-6-12)19-17-10-4-7-15(17)13-8-9-14(17)11-13/h1-6,8-10,13-15H,7,11H2/t13-,14+,15-,17+/m0/s1. The Bertz CT molecular complexity index is 572. The first kappa shape index (κ1) is 11.0. The van der Waals surface area contributed by atoms with Gasteiger partial charge in [0.2, 0.25) is 0 Å². The predicted octanol–water partition coefficient (Wildman–Crippen LogP) is 3.36. The summed E-state index contributed by atoms with van der Waals surface area (Å²) in [4.78, 5) is 12.3. The molecule has 19 heavy (non-hydrogen) atoms. The molecule has 1 aromatic rings. The van der Waals surface area contributed by atoms with E-state index in [2.05, 4.69) is 24.3 Å². The van der Waals surface area contributed by atoms with E-state index in [0.29, 0.717) is 23.3 Å². The van der Waals surface area contributed by atoms with Gasteiger partial charge in [-0.1, -0.05) is 36.4 Å². The molecule has 0 saturated heterocycles. The van der Waals surface area contributed by atoms with Crippen LogP contribution < -0.4 is 0 Å². The molecule has 0 N–H and O–H groups in total. The van der Waals surface area contributed by atoms with Gasteiger partial charge >= 0.3 is 5.97 Å². The van der Waals surface area contributed by atoms with E-state index < -0.39 is 0 Å². The van der Waals surface area contributed by atoms with Crippen LogP contribution in [-0.2, 0) is 4.74 Å². The van der Waals surface area contributed by atoms with Crippen molar-refractivity contribution in [1.29, 1.82) is 0 Å². The molecule has 4 rings (SSSR count). The van der Waals surface area contributed by atoms with Crippen LogP contribution >= 0.6 is 0 Å². The minimum atomic E-state index is -0.369. The van der Waals surface area contributed by atoms with E-state index >= 15 is 0 Å². The molecule has 96 valence electrons. The highest BCUT2D eigenvalue weighted by Gasteiger charge is 2.58. The molecule has 3 aliphatic rings. The van der Waals surface area contributed by atoms with Gasteiger partial charge in [0.25, 0.3) is 0 Å². The number of hydrogen-bond acceptors (Lipinski definition) is 2. The largest absolute Gasteiger partial charge is 0.450 e. The van der Waals surface area contributed by atoms with Crippen molar-refractivity contribution in [3.8, 4) is 0 Å². The summed E-state index contributed by atoms with van der Waals surface area (Å²) in [5.74, 6) is 1.21. The number of fused-ring (bicyclic) bond motifs is 5. The summed E-state index contributed by atoms with van der Waals surface area (Å²) in [6.07, 6.45) is 11.0. The maximum atomic E-state index is 12.3. The second kappa shape index (κ2) is 3.83. The minimum Gasteiger partial charge on any atom is -0.450 e. The molecular weight excluding hydrogens is 236 g/mol. The summed E-state index contributed by atoms with van der Waals surface area (Å²) < 4.78 is 5.97. The summed E-state index contributed by atoms with van der Waals surface area (Å²) in [7, 11) is 0. The average Bonchev–Trinajstić information content (AvgIpc) is 3.11. The Balaban J connectivity index is 1.64. The third-order valence-corrected chi connectivity index (χ3v) is 4.84. The van der Waals surface area contributed by atoms with E-state index in [1.807, 2.05) is 30.3 Å². The van der Waals surface area contributed by atoms with Gasteiger partial charge in [-0.25, -0.2) is 4.79 Å². The van der Waals surface area contributed by atoms with Gasteiger partial charge in [-0.3, -0.25) is 0 Å². The monoisotopic (exact) mass is 252 g/mol. The normalized spacial score (nSPS) is 37.6. The summed E-state index contributed by atoms with van der Waals surface area (Å²) in [6.45, 7) is 0. The third-order valence-electron chi connectivity index (χ3n) is 4.84. The highest BCUT2D eigenvalue weighted by atomic mass is 16.6. The van der Waals surface area contributed by atoms with Gasteiger partial charge in [-0.15, -0.1) is 0 Å². The van der Waals surface area contributed by atoms with Crippen molar-refractivity contribution in [2.45, 2.75) is 18.4 Å². The summed E-state index contributed by atoms with van der Waals surface area (Å²) >= 11 is 0. The van der Waals surface area contributed by atoms with Gasteiger partial charge in [-0.2, -0.15) is 0 Å². The lowest BCUT2D eigenvalue weighted by atomic mass is 9.81. The van der Waals surface area contributed by atoms with Gasteiger partial charge in [0, 0.05) is 11.8 Å². The van der Waals surface area contributed by atoms with Gasteiger partial charge in [0.15, 0.2) is 0 Å². The summed E-state index contributed by atoms with van der Waals surface area (Å²) in [6, 6.07) is 9.28. The number of esters is 1. The molecule has 2 nitrogen and oxygen atoms in total. The van der Waals surface area contributed by atoms with Crippen molar-refractivity contribution in [2.75, 3.05) is 0 Å². The number of hydrogen-bond donors (Lipinski definition) is 0. The van der Waals surface area contributed by atoms with Crippen molar-refractivity contribution in [2.24, 2.45) is 17.8 Å². The lowest BCUT2D eigenvalue weighted by molar-refractivity contribution is -0.0246. The Morgan fingerprint density at radius 1 is 1.21 bits per heavy atom. The maximum absolute atomic E-state index is 12.3. The zero-order valence-corrected chi connectivity index (χ0v) is 10.7. The fourth-order valence-electron chi connectivity index (χ4n) is 3.95. The number of ether oxygens (including phenoxy) is 1. The SMILES string of the molecule is O=C(O[C@@]12C=CC[C@H]1[C@H]1C=C[C@@H]2C1)c1ccccc1. The molecule has 2 heteroatoms. The Hall–Kier alpha value is -1.83. The number of carbonyl (C=O) groups is 1. The van der Waals surface area contributed by atoms with E-state index in [4.69, 9.17) is 4.74 Å². The second-order valence-electron chi connectivity index (χ2n) is 5.74. The quantitative estimate of drug-likeness (QED) is 0.596. The molecule has 2 bridgehead atoms. The van der Waals surface area contributed by atoms with Crippen LogP contribution in [0.15, 0.2) is 54.6 Å². The van der Waals surface area contributed by atoms with Gasteiger partial charge in [-0.05, 0) is 37.0 Å². The summed E-state index contributed by atoms with van der Waals surface area (Å²) in [5, 5.41) is 0. The zero-order chi connectivity index (χ0) is 12.9. The van der Waals surface area contributed by atoms with E-state index in [9.17, 15) is 4.79 Å². The Morgan fingerprint density at radius 2 is 2.05 bits per heavy atom. The number of rotatable bonds is 2. The lowest BCUT2D eigenvalue weighted by Crippen LogP contribution is -2.41. The molecule has 0 heterocycles. The number of allylic oxidation sites excluding steroid dienone is 2.